The van der Waals surface area contributed by atoms with Crippen molar-refractivity contribution in [3.8, 4) is 72.4 Å². The van der Waals surface area contributed by atoms with E-state index in [9.17, 15) is 0 Å². The van der Waals surface area contributed by atoms with Crippen molar-refractivity contribution < 1.29 is 0 Å². The van der Waals surface area contributed by atoms with Gasteiger partial charge in [0.2, 0.25) is 0 Å². The Kier molecular flexibility index (Phi) is 9.83. The summed E-state index contributed by atoms with van der Waals surface area (Å²) in [4.78, 5) is 2.42. The van der Waals surface area contributed by atoms with Crippen LogP contribution < -0.4 is 4.90 Å². The Bertz CT molecular complexity index is 4300. The van der Waals surface area contributed by atoms with Crippen LogP contribution in [0.1, 0.15) is 22.3 Å². The normalized spacial score (nSPS) is 13.9. The summed E-state index contributed by atoms with van der Waals surface area (Å²) >= 11 is 0. The number of hydrogen-bond donors (Lipinski definition) is 0. The van der Waals surface area contributed by atoms with Crippen LogP contribution in [0.5, 0.6) is 0 Å². The first-order valence-electron chi connectivity index (χ1n) is 26.0. The third-order valence-corrected chi connectivity index (χ3v) is 16.1. The molecule has 12 aromatic carbocycles. The van der Waals surface area contributed by atoms with Crippen molar-refractivity contribution in [3.63, 3.8) is 0 Å². The fraction of sp³-hybridized carbons (Fsp3) is 0.0137. The van der Waals surface area contributed by atoms with Gasteiger partial charge in [0.25, 0.3) is 0 Å². The molecule has 15 rings (SSSR count). The molecule has 0 bridgehead atoms. The molecular weight excluding hydrogens is 905 g/mol. The van der Waals surface area contributed by atoms with E-state index >= 15 is 0 Å². The van der Waals surface area contributed by atoms with Gasteiger partial charge in [-0.3, -0.25) is 0 Å². The summed E-state index contributed by atoms with van der Waals surface area (Å²) in [7, 11) is 0. The van der Waals surface area contributed by atoms with Crippen LogP contribution >= 0.6 is 0 Å². The van der Waals surface area contributed by atoms with E-state index in [2.05, 4.69) is 301 Å². The molecule has 1 unspecified atom stereocenters. The number of rotatable bonds is 8. The minimum absolute atomic E-state index is 0.516. The highest BCUT2D eigenvalue weighted by molar-refractivity contribution is 6.13. The van der Waals surface area contributed by atoms with Crippen molar-refractivity contribution >= 4 is 38.9 Å². The van der Waals surface area contributed by atoms with Crippen LogP contribution in [-0.2, 0) is 5.41 Å². The number of nitrogens with zero attached hydrogens (tertiary/aromatic N) is 2. The van der Waals surface area contributed by atoms with E-state index in [0.717, 1.165) is 28.2 Å². The first-order chi connectivity index (χ1) is 37.2. The number of aromatic nitrogens is 1. The minimum Gasteiger partial charge on any atom is -0.310 e. The van der Waals surface area contributed by atoms with E-state index in [1.807, 2.05) is 0 Å². The highest BCUT2D eigenvalue weighted by Gasteiger charge is 2.50. The lowest BCUT2D eigenvalue weighted by atomic mass is 9.65. The maximum absolute atomic E-state index is 2.52. The Morgan fingerprint density at radius 3 is 1.36 bits per heavy atom. The van der Waals surface area contributed by atoms with Gasteiger partial charge in [-0.15, -0.1) is 0 Å². The zero-order valence-corrected chi connectivity index (χ0v) is 41.1. The molecule has 2 heteroatoms. The van der Waals surface area contributed by atoms with E-state index in [4.69, 9.17) is 0 Å². The molecule has 0 saturated heterocycles. The van der Waals surface area contributed by atoms with Gasteiger partial charge in [0.1, 0.15) is 0 Å². The molecule has 1 atom stereocenters. The summed E-state index contributed by atoms with van der Waals surface area (Å²) in [6, 6.07) is 107. The summed E-state index contributed by atoms with van der Waals surface area (Å²) < 4.78 is 2.52. The molecule has 0 fully saturated rings. The van der Waals surface area contributed by atoms with Gasteiger partial charge >= 0.3 is 0 Å². The van der Waals surface area contributed by atoms with Crippen LogP contribution in [0.4, 0.5) is 17.1 Å². The van der Waals surface area contributed by atoms with Crippen molar-refractivity contribution in [3.05, 3.63) is 313 Å². The highest BCUT2D eigenvalue weighted by Crippen LogP contribution is 2.61. The van der Waals surface area contributed by atoms with Crippen molar-refractivity contribution in [1.29, 1.82) is 0 Å². The smallest absolute Gasteiger partial charge is 0.0754 e. The molecule has 350 valence electrons. The predicted octanol–water partition coefficient (Wildman–Crippen LogP) is 19.3. The first kappa shape index (κ1) is 42.9. The second-order valence-corrected chi connectivity index (χ2v) is 20.0. The Morgan fingerprint density at radius 1 is 0.267 bits per heavy atom. The lowest BCUT2D eigenvalue weighted by Gasteiger charge is -2.39. The number of hydrogen-bond acceptors (Lipinski definition) is 1. The maximum Gasteiger partial charge on any atom is 0.0754 e. The van der Waals surface area contributed by atoms with Crippen LogP contribution in [0.3, 0.4) is 0 Å². The molecule has 75 heavy (non-hydrogen) atoms. The quantitative estimate of drug-likeness (QED) is 0.147. The lowest BCUT2D eigenvalue weighted by Crippen LogP contribution is -2.33. The lowest BCUT2D eigenvalue weighted by molar-refractivity contribution is 0.749. The Morgan fingerprint density at radius 2 is 0.707 bits per heavy atom. The van der Waals surface area contributed by atoms with Gasteiger partial charge < -0.3 is 9.47 Å². The summed E-state index contributed by atoms with van der Waals surface area (Å²) in [5, 5.41) is 2.57. The molecule has 2 aliphatic rings. The fourth-order valence-electron chi connectivity index (χ4n) is 12.6. The van der Waals surface area contributed by atoms with Gasteiger partial charge in [0.15, 0.2) is 0 Å². The second kappa shape index (κ2) is 17.2. The third-order valence-electron chi connectivity index (χ3n) is 16.1. The largest absolute Gasteiger partial charge is 0.310 e. The average molecular weight is 953 g/mol. The summed E-state index contributed by atoms with van der Waals surface area (Å²) in [6.45, 7) is 0. The van der Waals surface area contributed by atoms with E-state index in [1.165, 1.54) is 105 Å². The van der Waals surface area contributed by atoms with Gasteiger partial charge in [0, 0.05) is 27.7 Å². The van der Waals surface area contributed by atoms with Gasteiger partial charge in [0.05, 0.1) is 27.8 Å². The van der Waals surface area contributed by atoms with E-state index in [1.54, 1.807) is 0 Å². The Labute approximate surface area is 437 Å². The van der Waals surface area contributed by atoms with Crippen LogP contribution in [0.2, 0.25) is 0 Å². The number of fused-ring (bicyclic) bond motifs is 12. The number of benzene rings is 12. The van der Waals surface area contributed by atoms with Gasteiger partial charge in [-0.25, -0.2) is 0 Å². The minimum atomic E-state index is -0.516. The summed E-state index contributed by atoms with van der Waals surface area (Å²) in [5.74, 6) is 0. The number of para-hydroxylation sites is 4. The standard InChI is InChI=1S/C73H48N2/c1-3-16-49(17-4-1)51-30-32-53(33-31-51)54-38-43-58(44-39-54)74(69-27-12-8-20-60(69)56-36-34-52(35-37-56)50-18-5-2-6-19-50)59-45-40-55(41-46-59)57-42-47-62-61-21-7-10-24-65(61)73(68(62)48-57)66-25-11-14-29-71(66)75-70-28-13-9-22-63(70)64-23-15-26-67(73)72(64)75/h1-48H. The molecule has 0 radical (unpaired) electrons. The van der Waals surface area contributed by atoms with Crippen LogP contribution in [-0.4, -0.2) is 4.57 Å². The van der Waals surface area contributed by atoms with E-state index in [-0.39, 0.29) is 0 Å². The van der Waals surface area contributed by atoms with E-state index in [0.29, 0.717) is 0 Å². The molecule has 2 nitrogen and oxygen atoms in total. The molecule has 1 aromatic heterocycles. The Hall–Kier alpha value is -9.76. The molecule has 0 saturated carbocycles. The molecule has 0 amide bonds. The monoisotopic (exact) mass is 952 g/mol. The summed E-state index contributed by atoms with van der Waals surface area (Å²) in [6.07, 6.45) is 0. The first-order valence-corrected chi connectivity index (χ1v) is 26.0. The SMILES string of the molecule is c1ccc(-c2ccc(-c3ccc(N(c4ccc(-c5ccc6c(c5)C5(c7ccccc7-6)c6ccccc6-n6c7ccccc7c7cccc5c76)cc4)c4ccccc4-c4ccc(-c5ccccc5)cc4)cc3)cc2)cc1. The van der Waals surface area contributed by atoms with Crippen LogP contribution in [0.15, 0.2) is 291 Å². The van der Waals surface area contributed by atoms with E-state index < -0.39 is 5.41 Å². The van der Waals surface area contributed by atoms with Gasteiger partial charge in [-0.2, -0.15) is 0 Å². The second-order valence-electron chi connectivity index (χ2n) is 20.0. The molecule has 1 spiro atoms. The topological polar surface area (TPSA) is 8.17 Å². The summed E-state index contributed by atoms with van der Waals surface area (Å²) in [5.41, 5.74) is 26.3. The zero-order valence-electron chi connectivity index (χ0n) is 41.1. The van der Waals surface area contributed by atoms with Crippen molar-refractivity contribution in [2.75, 3.05) is 4.90 Å². The van der Waals surface area contributed by atoms with Crippen molar-refractivity contribution in [2.45, 2.75) is 5.41 Å². The number of anilines is 3. The zero-order chi connectivity index (χ0) is 49.5. The average Bonchev–Trinajstić information content (AvgIpc) is 4.03. The van der Waals surface area contributed by atoms with Crippen LogP contribution in [0.25, 0.3) is 94.3 Å². The van der Waals surface area contributed by atoms with Crippen LogP contribution in [0, 0.1) is 0 Å². The third kappa shape index (κ3) is 6.66. The van der Waals surface area contributed by atoms with Gasteiger partial charge in [-0.05, 0) is 132 Å². The molecule has 2 heterocycles. The molecule has 1 aliphatic carbocycles. The van der Waals surface area contributed by atoms with Gasteiger partial charge in [-0.1, -0.05) is 243 Å². The predicted molar refractivity (Wildman–Crippen MR) is 314 cm³/mol. The molecular formula is C73H48N2. The fourth-order valence-corrected chi connectivity index (χ4v) is 12.6. The molecule has 13 aromatic rings. The highest BCUT2D eigenvalue weighted by atomic mass is 15.1. The Balaban J connectivity index is 0.853. The van der Waals surface area contributed by atoms with Crippen molar-refractivity contribution in [2.24, 2.45) is 0 Å². The molecule has 1 aliphatic heterocycles. The maximum atomic E-state index is 2.52. The molecule has 0 N–H and O–H groups in total. The van der Waals surface area contributed by atoms with Crippen molar-refractivity contribution in [1.82, 2.24) is 4.57 Å².